The van der Waals surface area contributed by atoms with Crippen molar-refractivity contribution in [2.24, 2.45) is 17.8 Å². The quantitative estimate of drug-likeness (QED) is 0.278. The molecule has 0 bridgehead atoms. The molecule has 0 spiro atoms. The summed E-state index contributed by atoms with van der Waals surface area (Å²) in [5, 5.41) is 22.8. The second kappa shape index (κ2) is 14.7. The molecule has 2 heterocycles. The maximum absolute atomic E-state index is 15.6. The molecule has 4 amide bonds. The summed E-state index contributed by atoms with van der Waals surface area (Å²) < 4.78 is 17.2. The fourth-order valence-electron chi connectivity index (χ4n) is 6.31. The number of hydrogen-bond acceptors (Lipinski definition) is 6. The van der Waals surface area contributed by atoms with E-state index in [0.717, 1.165) is 25.7 Å². The Kier molecular flexibility index (Phi) is 11.2. The maximum Gasteiger partial charge on any atom is 0.270 e. The van der Waals surface area contributed by atoms with Crippen LogP contribution in [0.2, 0.25) is 0 Å². The van der Waals surface area contributed by atoms with E-state index in [1.807, 2.05) is 6.92 Å². The summed E-state index contributed by atoms with van der Waals surface area (Å²) in [5.74, 6) is -2.43. The van der Waals surface area contributed by atoms with Crippen molar-refractivity contribution < 1.29 is 28.7 Å². The molecule has 1 aliphatic carbocycles. The average molecular weight is 641 g/mol. The number of aryl methyl sites for hydroxylation is 1. The molecule has 252 valence electrons. The zero-order valence-electron chi connectivity index (χ0n) is 27.8. The minimum Gasteiger partial charge on any atom is -0.390 e. The summed E-state index contributed by atoms with van der Waals surface area (Å²) in [5.41, 5.74) is -0.145. The largest absolute Gasteiger partial charge is 0.390 e. The van der Waals surface area contributed by atoms with E-state index in [-0.39, 0.29) is 35.8 Å². The molecule has 12 heteroatoms. The van der Waals surface area contributed by atoms with Crippen LogP contribution < -0.4 is 16.0 Å². The number of nitrogens with zero attached hydrogens (tertiary/aromatic N) is 3. The maximum atomic E-state index is 15.6. The van der Waals surface area contributed by atoms with Gasteiger partial charge in [-0.25, -0.2) is 4.39 Å². The second-order valence-electron chi connectivity index (χ2n) is 13.5. The first-order valence-electron chi connectivity index (χ1n) is 16.5. The molecule has 1 saturated carbocycles. The Bertz CT molecular complexity index is 1410. The summed E-state index contributed by atoms with van der Waals surface area (Å²) in [6, 6.07) is 4.15. The third-order valence-electron chi connectivity index (χ3n) is 9.72. The monoisotopic (exact) mass is 640 g/mol. The van der Waals surface area contributed by atoms with Crippen LogP contribution in [0.5, 0.6) is 0 Å². The van der Waals surface area contributed by atoms with Crippen molar-refractivity contribution in [3.63, 3.8) is 0 Å². The fraction of sp³-hybridized carbons (Fsp3) is 0.618. The number of rotatable bonds is 12. The molecule has 4 N–H and O–H groups in total. The van der Waals surface area contributed by atoms with Gasteiger partial charge in [-0.3, -0.25) is 23.9 Å². The van der Waals surface area contributed by atoms with Gasteiger partial charge in [-0.2, -0.15) is 5.10 Å². The van der Waals surface area contributed by atoms with Crippen molar-refractivity contribution in [1.29, 1.82) is 0 Å². The Morgan fingerprint density at radius 2 is 1.74 bits per heavy atom. The van der Waals surface area contributed by atoms with Crippen LogP contribution in [0.1, 0.15) is 95.6 Å². The van der Waals surface area contributed by atoms with Crippen LogP contribution in [0.4, 0.5) is 10.1 Å². The van der Waals surface area contributed by atoms with E-state index in [1.54, 1.807) is 49.4 Å². The lowest BCUT2D eigenvalue weighted by Crippen LogP contribution is -2.62. The van der Waals surface area contributed by atoms with Crippen molar-refractivity contribution in [2.45, 2.75) is 104 Å². The molecule has 2 aliphatic rings. The number of hydrogen-bond donors (Lipinski definition) is 4. The average Bonchev–Trinajstić information content (AvgIpc) is 3.47. The molecule has 46 heavy (non-hydrogen) atoms. The van der Waals surface area contributed by atoms with E-state index in [2.05, 4.69) is 28.0 Å². The summed E-state index contributed by atoms with van der Waals surface area (Å²) >= 11 is 0. The lowest BCUT2D eigenvalue weighted by Gasteiger charge is -2.46. The lowest BCUT2D eigenvalue weighted by atomic mass is 9.79. The second-order valence-corrected chi connectivity index (χ2v) is 13.5. The van der Waals surface area contributed by atoms with Crippen LogP contribution in [0, 0.1) is 23.6 Å². The van der Waals surface area contributed by atoms with Gasteiger partial charge in [0.1, 0.15) is 23.6 Å². The minimum absolute atomic E-state index is 0.0424. The Labute approximate surface area is 270 Å². The predicted octanol–water partition coefficient (Wildman–Crippen LogP) is 3.83. The van der Waals surface area contributed by atoms with Crippen LogP contribution in [0.25, 0.3) is 0 Å². The van der Waals surface area contributed by atoms with Gasteiger partial charge in [-0.05, 0) is 69.2 Å². The van der Waals surface area contributed by atoms with Crippen LogP contribution in [0.3, 0.4) is 0 Å². The van der Waals surface area contributed by atoms with E-state index < -0.39 is 41.2 Å². The molecule has 3 atom stereocenters. The normalized spacial score (nSPS) is 20.7. The number of aromatic nitrogens is 2. The Balaban J connectivity index is 1.50. The van der Waals surface area contributed by atoms with E-state index in [0.29, 0.717) is 36.8 Å². The molecule has 1 aromatic heterocycles. The summed E-state index contributed by atoms with van der Waals surface area (Å²) in [4.78, 5) is 54.3. The molecule has 2 fully saturated rings. The van der Waals surface area contributed by atoms with E-state index in [9.17, 15) is 24.3 Å². The predicted molar refractivity (Wildman–Crippen MR) is 172 cm³/mol. The van der Waals surface area contributed by atoms with Crippen LogP contribution >= 0.6 is 0 Å². The number of aliphatic hydroxyl groups is 1. The number of anilines is 1. The molecule has 1 saturated heterocycles. The third-order valence-corrected chi connectivity index (χ3v) is 9.72. The van der Waals surface area contributed by atoms with Crippen LogP contribution in [-0.4, -0.2) is 74.2 Å². The standard InChI is InChI=1S/C34H49FN6O5/c1-7-28(42)38-29(33(45)40-18-24(19-40)34(5,6)46)21(4)23-13-14-26(25(35)17-23)37-32(44)30(22-11-9-20(3)10-12-22)39-31(43)27-15-16-36-41(27)8-2/h13-17,20-22,24,29-30,46H,7-12,18-19H2,1-6H3,(H,37,44)(H,38,42)(H,39,43)/t20-,21-,22-,29+,30-/m0/s1. The molecule has 0 unspecified atom stereocenters. The first-order valence-corrected chi connectivity index (χ1v) is 16.5. The molecule has 0 radical (unpaired) electrons. The van der Waals surface area contributed by atoms with Gasteiger partial charge < -0.3 is 26.0 Å². The highest BCUT2D eigenvalue weighted by molar-refractivity contribution is 6.00. The van der Waals surface area contributed by atoms with Crippen molar-refractivity contribution in [2.75, 3.05) is 18.4 Å². The molecule has 11 nitrogen and oxygen atoms in total. The van der Waals surface area contributed by atoms with Gasteiger partial charge in [-0.15, -0.1) is 0 Å². The van der Waals surface area contributed by atoms with Gasteiger partial charge in [0.15, 0.2) is 0 Å². The zero-order chi connectivity index (χ0) is 33.8. The number of nitrogens with one attached hydrogen (secondary N) is 3. The Morgan fingerprint density at radius 3 is 2.33 bits per heavy atom. The van der Waals surface area contributed by atoms with Gasteiger partial charge in [0.25, 0.3) is 5.91 Å². The fourth-order valence-corrected chi connectivity index (χ4v) is 6.31. The number of likely N-dealkylation sites (tertiary alicyclic amines) is 1. The lowest BCUT2D eigenvalue weighted by molar-refractivity contribution is -0.149. The molecule has 4 rings (SSSR count). The number of benzene rings is 1. The zero-order valence-corrected chi connectivity index (χ0v) is 27.8. The number of carbonyl (C=O) groups excluding carboxylic acids is 4. The number of halogens is 1. The summed E-state index contributed by atoms with van der Waals surface area (Å²) in [7, 11) is 0. The summed E-state index contributed by atoms with van der Waals surface area (Å²) in [6.07, 6.45) is 5.11. The van der Waals surface area contributed by atoms with Crippen molar-refractivity contribution in [3.05, 3.63) is 47.5 Å². The van der Waals surface area contributed by atoms with Gasteiger partial charge in [-0.1, -0.05) is 39.7 Å². The highest BCUT2D eigenvalue weighted by atomic mass is 19.1. The summed E-state index contributed by atoms with van der Waals surface area (Å²) in [6.45, 7) is 12.1. The van der Waals surface area contributed by atoms with E-state index in [4.69, 9.17) is 0 Å². The Hall–Kier alpha value is -3.80. The molecule has 1 aliphatic heterocycles. The smallest absolute Gasteiger partial charge is 0.270 e. The third kappa shape index (κ3) is 8.12. The van der Waals surface area contributed by atoms with Crippen molar-refractivity contribution >= 4 is 29.3 Å². The SMILES string of the molecule is CCC(=O)N[C@@H](C(=O)N1CC(C(C)(C)O)C1)[C@@H](C)c1ccc(NC(=O)[C@@H](NC(=O)c2ccnn2CC)[C@H]2CC[C@H](C)CC2)c(F)c1. The van der Waals surface area contributed by atoms with Gasteiger partial charge >= 0.3 is 0 Å². The van der Waals surface area contributed by atoms with Crippen LogP contribution in [0.15, 0.2) is 30.5 Å². The first-order chi connectivity index (χ1) is 21.7. The highest BCUT2D eigenvalue weighted by Crippen LogP contribution is 2.33. The Morgan fingerprint density at radius 1 is 1.07 bits per heavy atom. The van der Waals surface area contributed by atoms with E-state index in [1.165, 1.54) is 18.3 Å². The topological polar surface area (TPSA) is 146 Å². The van der Waals surface area contributed by atoms with Gasteiger partial charge in [0, 0.05) is 44.1 Å². The minimum atomic E-state index is -0.931. The van der Waals surface area contributed by atoms with Gasteiger partial charge in [0.2, 0.25) is 17.7 Å². The molecular weight excluding hydrogens is 591 g/mol. The molecular formula is C34H49FN6O5. The molecule has 1 aromatic carbocycles. The highest BCUT2D eigenvalue weighted by Gasteiger charge is 2.43. The number of carbonyl (C=O) groups is 4. The van der Waals surface area contributed by atoms with Crippen molar-refractivity contribution in [3.8, 4) is 0 Å². The molecule has 2 aromatic rings. The first kappa shape index (κ1) is 35.1. The van der Waals surface area contributed by atoms with E-state index >= 15 is 4.39 Å². The van der Waals surface area contributed by atoms with Gasteiger partial charge in [0.05, 0.1) is 11.3 Å². The number of amides is 4. The van der Waals surface area contributed by atoms with Crippen molar-refractivity contribution in [1.82, 2.24) is 25.3 Å². The van der Waals surface area contributed by atoms with Crippen LogP contribution in [-0.2, 0) is 20.9 Å².